The molecular formula is C21H23N5. The summed E-state index contributed by atoms with van der Waals surface area (Å²) in [4.78, 5) is 7.09. The molecule has 5 heteroatoms. The van der Waals surface area contributed by atoms with Gasteiger partial charge in [-0.3, -0.25) is 4.90 Å². The molecule has 2 aromatic heterocycles. The number of likely N-dealkylation sites (tertiary alicyclic amines) is 1. The molecule has 3 aromatic rings. The van der Waals surface area contributed by atoms with E-state index in [4.69, 9.17) is 0 Å². The Hall–Kier alpha value is -2.71. The lowest BCUT2D eigenvalue weighted by Gasteiger charge is -2.37. The van der Waals surface area contributed by atoms with Crippen molar-refractivity contribution in [2.24, 2.45) is 0 Å². The summed E-state index contributed by atoms with van der Waals surface area (Å²) in [5.74, 6) is 0. The molecule has 0 unspecified atom stereocenters. The number of benzene rings is 1. The Kier molecular flexibility index (Phi) is 4.21. The number of aromatic nitrogens is 3. The van der Waals surface area contributed by atoms with Gasteiger partial charge in [-0.1, -0.05) is 30.3 Å². The molecule has 0 atom stereocenters. The standard InChI is InChI=1S/C21H23N5/c1-16-12-17(2)26-20(24-16)18(13-23-26)14-25-10-8-21(15-22,9-11-25)19-6-4-3-5-7-19/h3-7,12-13H,8-11,14H2,1-2H3. The average molecular weight is 345 g/mol. The van der Waals surface area contributed by atoms with Gasteiger partial charge in [0.15, 0.2) is 5.65 Å². The lowest BCUT2D eigenvalue weighted by molar-refractivity contribution is 0.179. The Morgan fingerprint density at radius 3 is 2.58 bits per heavy atom. The Morgan fingerprint density at radius 1 is 1.15 bits per heavy atom. The maximum Gasteiger partial charge on any atom is 0.159 e. The van der Waals surface area contributed by atoms with Crippen molar-refractivity contribution in [3.05, 3.63) is 65.1 Å². The smallest absolute Gasteiger partial charge is 0.159 e. The van der Waals surface area contributed by atoms with Gasteiger partial charge in [0.2, 0.25) is 0 Å². The molecule has 1 fully saturated rings. The van der Waals surface area contributed by atoms with E-state index >= 15 is 0 Å². The van der Waals surface area contributed by atoms with Gasteiger partial charge in [0.25, 0.3) is 0 Å². The van der Waals surface area contributed by atoms with E-state index in [1.165, 1.54) is 0 Å². The summed E-state index contributed by atoms with van der Waals surface area (Å²) < 4.78 is 1.91. The third-order valence-corrected chi connectivity index (χ3v) is 5.49. The minimum atomic E-state index is -0.357. The summed E-state index contributed by atoms with van der Waals surface area (Å²) in [5.41, 5.74) is 5.01. The largest absolute Gasteiger partial charge is 0.299 e. The second-order valence-electron chi connectivity index (χ2n) is 7.28. The zero-order chi connectivity index (χ0) is 18.1. The molecular weight excluding hydrogens is 322 g/mol. The van der Waals surface area contributed by atoms with Crippen molar-refractivity contribution in [1.29, 1.82) is 5.26 Å². The van der Waals surface area contributed by atoms with Crippen LogP contribution in [0.3, 0.4) is 0 Å². The molecule has 0 bridgehead atoms. The Morgan fingerprint density at radius 2 is 1.88 bits per heavy atom. The highest BCUT2D eigenvalue weighted by Crippen LogP contribution is 2.35. The normalized spacial score (nSPS) is 17.3. The number of nitrogens with zero attached hydrogens (tertiary/aromatic N) is 5. The fourth-order valence-electron chi connectivity index (χ4n) is 3.98. The molecule has 0 radical (unpaired) electrons. The molecule has 1 saturated heterocycles. The van der Waals surface area contributed by atoms with Crippen LogP contribution in [0.15, 0.2) is 42.6 Å². The molecule has 0 saturated carbocycles. The van der Waals surface area contributed by atoms with Gasteiger partial charge in [-0.15, -0.1) is 0 Å². The van der Waals surface area contributed by atoms with Gasteiger partial charge in [0, 0.05) is 36.6 Å². The van der Waals surface area contributed by atoms with Crippen LogP contribution in [0.25, 0.3) is 5.65 Å². The zero-order valence-electron chi connectivity index (χ0n) is 15.3. The van der Waals surface area contributed by atoms with Crippen LogP contribution in [0.1, 0.15) is 35.4 Å². The van der Waals surface area contributed by atoms with Crippen LogP contribution < -0.4 is 0 Å². The molecule has 5 nitrogen and oxygen atoms in total. The molecule has 1 aliphatic rings. The number of fused-ring (bicyclic) bond motifs is 1. The molecule has 4 rings (SSSR count). The molecule has 132 valence electrons. The van der Waals surface area contributed by atoms with Crippen molar-refractivity contribution in [2.45, 2.75) is 38.6 Å². The lowest BCUT2D eigenvalue weighted by atomic mass is 9.74. The van der Waals surface area contributed by atoms with Crippen LogP contribution in [-0.2, 0) is 12.0 Å². The van der Waals surface area contributed by atoms with Gasteiger partial charge in [0.1, 0.15) is 0 Å². The number of rotatable bonds is 3. The van der Waals surface area contributed by atoms with Gasteiger partial charge < -0.3 is 0 Å². The summed E-state index contributed by atoms with van der Waals surface area (Å²) >= 11 is 0. The van der Waals surface area contributed by atoms with E-state index < -0.39 is 0 Å². The van der Waals surface area contributed by atoms with Gasteiger partial charge in [-0.25, -0.2) is 9.50 Å². The Balaban J connectivity index is 1.52. The minimum Gasteiger partial charge on any atom is -0.299 e. The SMILES string of the molecule is Cc1cc(C)n2ncc(CN3CCC(C#N)(c4ccccc4)CC3)c2n1. The Labute approximate surface area is 153 Å². The molecule has 1 aliphatic heterocycles. The highest BCUT2D eigenvalue weighted by atomic mass is 15.3. The van der Waals surface area contributed by atoms with Crippen molar-refractivity contribution in [3.8, 4) is 6.07 Å². The predicted octanol–water partition coefficient (Wildman–Crippen LogP) is 3.40. The quantitative estimate of drug-likeness (QED) is 0.730. The first-order chi connectivity index (χ1) is 12.6. The van der Waals surface area contributed by atoms with E-state index in [1.54, 1.807) is 0 Å². The van der Waals surface area contributed by atoms with Crippen LogP contribution >= 0.6 is 0 Å². The van der Waals surface area contributed by atoms with Crippen molar-refractivity contribution in [1.82, 2.24) is 19.5 Å². The maximum absolute atomic E-state index is 9.85. The first-order valence-electron chi connectivity index (χ1n) is 9.11. The van der Waals surface area contributed by atoms with E-state index in [0.29, 0.717) is 0 Å². The molecule has 3 heterocycles. The fourth-order valence-corrected chi connectivity index (χ4v) is 3.98. The summed E-state index contributed by atoms with van der Waals surface area (Å²) in [7, 11) is 0. The van der Waals surface area contributed by atoms with Crippen LogP contribution in [0, 0.1) is 25.2 Å². The molecule has 0 amide bonds. The zero-order valence-corrected chi connectivity index (χ0v) is 15.3. The second-order valence-corrected chi connectivity index (χ2v) is 7.28. The van der Waals surface area contributed by atoms with Crippen molar-refractivity contribution in [2.75, 3.05) is 13.1 Å². The molecule has 0 N–H and O–H groups in total. The van der Waals surface area contributed by atoms with Crippen molar-refractivity contribution in [3.63, 3.8) is 0 Å². The van der Waals surface area contributed by atoms with E-state index in [2.05, 4.69) is 40.1 Å². The maximum atomic E-state index is 9.85. The number of piperidine rings is 1. The summed E-state index contributed by atoms with van der Waals surface area (Å²) in [6.07, 6.45) is 3.65. The van der Waals surface area contributed by atoms with E-state index in [-0.39, 0.29) is 5.41 Å². The Bertz CT molecular complexity index is 959. The highest BCUT2D eigenvalue weighted by Gasteiger charge is 2.36. The monoisotopic (exact) mass is 345 g/mol. The molecule has 1 aromatic carbocycles. The van der Waals surface area contributed by atoms with Crippen LogP contribution in [0.5, 0.6) is 0 Å². The predicted molar refractivity (Wildman–Crippen MR) is 101 cm³/mol. The van der Waals surface area contributed by atoms with Crippen LogP contribution in [0.2, 0.25) is 0 Å². The third-order valence-electron chi connectivity index (χ3n) is 5.49. The number of hydrogen-bond acceptors (Lipinski definition) is 4. The fraction of sp³-hybridized carbons (Fsp3) is 0.381. The molecule has 26 heavy (non-hydrogen) atoms. The van der Waals surface area contributed by atoms with E-state index in [0.717, 1.165) is 60.6 Å². The summed E-state index contributed by atoms with van der Waals surface area (Å²) in [5, 5.41) is 14.3. The first kappa shape index (κ1) is 16.7. The molecule has 0 spiro atoms. The van der Waals surface area contributed by atoms with Crippen LogP contribution in [-0.4, -0.2) is 32.6 Å². The summed E-state index contributed by atoms with van der Waals surface area (Å²) in [6, 6.07) is 14.9. The van der Waals surface area contributed by atoms with Crippen molar-refractivity contribution >= 4 is 5.65 Å². The van der Waals surface area contributed by atoms with Crippen molar-refractivity contribution < 1.29 is 0 Å². The summed E-state index contributed by atoms with van der Waals surface area (Å²) in [6.45, 7) is 6.72. The second kappa shape index (κ2) is 6.54. The van der Waals surface area contributed by atoms with Gasteiger partial charge in [-0.05, 0) is 38.3 Å². The minimum absolute atomic E-state index is 0.357. The average Bonchev–Trinajstić information content (AvgIpc) is 3.06. The van der Waals surface area contributed by atoms with E-state index in [1.807, 2.05) is 41.9 Å². The van der Waals surface area contributed by atoms with Gasteiger partial charge in [0.05, 0.1) is 17.7 Å². The molecule has 0 aliphatic carbocycles. The first-order valence-corrected chi connectivity index (χ1v) is 9.11. The van der Waals surface area contributed by atoms with Crippen LogP contribution in [0.4, 0.5) is 0 Å². The number of aryl methyl sites for hydroxylation is 2. The highest BCUT2D eigenvalue weighted by molar-refractivity contribution is 5.48. The van der Waals surface area contributed by atoms with E-state index in [9.17, 15) is 5.26 Å². The number of hydrogen-bond donors (Lipinski definition) is 0. The topological polar surface area (TPSA) is 57.2 Å². The van der Waals surface area contributed by atoms with Gasteiger partial charge in [-0.2, -0.15) is 10.4 Å². The lowest BCUT2D eigenvalue weighted by Crippen LogP contribution is -2.41. The number of nitriles is 1. The van der Waals surface area contributed by atoms with Gasteiger partial charge >= 0.3 is 0 Å². The third kappa shape index (κ3) is 2.87.